The Morgan fingerprint density at radius 2 is 1.77 bits per heavy atom. The van der Waals surface area contributed by atoms with Gasteiger partial charge in [-0.15, -0.1) is 0 Å². The van der Waals surface area contributed by atoms with Crippen molar-refractivity contribution in [3.63, 3.8) is 0 Å². The van der Waals surface area contributed by atoms with E-state index in [9.17, 15) is 9.18 Å². The zero-order valence-electron chi connectivity index (χ0n) is 14.3. The van der Waals surface area contributed by atoms with Crippen molar-refractivity contribution in [2.75, 3.05) is 32.0 Å². The maximum atomic E-state index is 13.7. The fraction of sp³-hybridized carbons (Fsp3) is 0.176. The van der Waals surface area contributed by atoms with Crippen LogP contribution in [-0.4, -0.2) is 32.3 Å². The molecule has 2 amide bonds. The number of fused-ring (bicyclic) bond motifs is 1. The summed E-state index contributed by atoms with van der Waals surface area (Å²) in [6, 6.07) is 7.31. The molecule has 2 aromatic carbocycles. The number of hydrogen-bond donors (Lipinski definition) is 2. The van der Waals surface area contributed by atoms with Crippen LogP contribution in [0.15, 0.2) is 30.3 Å². The number of thiazole rings is 1. The second-order valence-electron chi connectivity index (χ2n) is 5.10. The minimum Gasteiger partial charge on any atom is -0.493 e. The van der Waals surface area contributed by atoms with Crippen LogP contribution in [0, 0.1) is 5.82 Å². The monoisotopic (exact) mass is 377 g/mol. The summed E-state index contributed by atoms with van der Waals surface area (Å²) < 4.78 is 30.1. The number of para-hydroxylation sites is 1. The number of urea groups is 1. The molecule has 0 aliphatic carbocycles. The summed E-state index contributed by atoms with van der Waals surface area (Å²) in [6.45, 7) is 0. The van der Waals surface area contributed by atoms with Crippen LogP contribution in [0.2, 0.25) is 0 Å². The molecule has 0 atom stereocenters. The van der Waals surface area contributed by atoms with E-state index in [4.69, 9.17) is 14.2 Å². The van der Waals surface area contributed by atoms with Crippen molar-refractivity contribution < 1.29 is 23.4 Å². The van der Waals surface area contributed by atoms with Crippen molar-refractivity contribution in [3.05, 3.63) is 36.1 Å². The Labute approximate surface area is 152 Å². The Bertz CT molecular complexity index is 935. The number of methoxy groups -OCH3 is 3. The van der Waals surface area contributed by atoms with Gasteiger partial charge in [0.25, 0.3) is 0 Å². The van der Waals surface area contributed by atoms with Crippen molar-refractivity contribution in [1.82, 2.24) is 4.98 Å². The summed E-state index contributed by atoms with van der Waals surface area (Å²) in [5.74, 6) is 0.799. The number of carbonyl (C=O) groups excluding carboxylic acids is 1. The summed E-state index contributed by atoms with van der Waals surface area (Å²) >= 11 is 1.18. The highest BCUT2D eigenvalue weighted by atomic mass is 32.1. The number of aromatic nitrogens is 1. The van der Waals surface area contributed by atoms with Crippen LogP contribution < -0.4 is 24.8 Å². The molecule has 0 aliphatic rings. The topological polar surface area (TPSA) is 81.7 Å². The molecule has 3 rings (SSSR count). The first kappa shape index (κ1) is 17.7. The maximum absolute atomic E-state index is 13.7. The van der Waals surface area contributed by atoms with E-state index in [1.807, 2.05) is 0 Å². The van der Waals surface area contributed by atoms with E-state index in [1.165, 1.54) is 38.7 Å². The minimum atomic E-state index is -0.529. The number of carbonyl (C=O) groups is 1. The van der Waals surface area contributed by atoms with E-state index in [2.05, 4.69) is 15.6 Å². The van der Waals surface area contributed by atoms with E-state index < -0.39 is 11.8 Å². The molecule has 0 saturated heterocycles. The second-order valence-corrected chi connectivity index (χ2v) is 6.13. The van der Waals surface area contributed by atoms with Crippen molar-refractivity contribution in [1.29, 1.82) is 0 Å². The van der Waals surface area contributed by atoms with E-state index in [-0.39, 0.29) is 10.6 Å². The molecule has 0 spiro atoms. The summed E-state index contributed by atoms with van der Waals surface area (Å²) in [7, 11) is 4.46. The Morgan fingerprint density at radius 1 is 1.08 bits per heavy atom. The molecule has 0 fully saturated rings. The molecule has 0 radical (unpaired) electrons. The van der Waals surface area contributed by atoms with Crippen LogP contribution in [0.3, 0.4) is 0 Å². The third kappa shape index (κ3) is 3.47. The van der Waals surface area contributed by atoms with Gasteiger partial charge < -0.3 is 19.5 Å². The third-order valence-corrected chi connectivity index (χ3v) is 4.45. The van der Waals surface area contributed by atoms with Crippen LogP contribution >= 0.6 is 11.3 Å². The third-order valence-electron chi connectivity index (χ3n) is 3.51. The number of amides is 2. The first-order valence-corrected chi connectivity index (χ1v) is 8.30. The lowest BCUT2D eigenvalue weighted by atomic mass is 10.2. The molecule has 1 heterocycles. The molecular weight excluding hydrogens is 361 g/mol. The van der Waals surface area contributed by atoms with Crippen molar-refractivity contribution in [3.8, 4) is 17.2 Å². The van der Waals surface area contributed by atoms with Crippen molar-refractivity contribution >= 4 is 38.4 Å². The van der Waals surface area contributed by atoms with Gasteiger partial charge in [0, 0.05) is 12.1 Å². The van der Waals surface area contributed by atoms with Crippen LogP contribution in [0.1, 0.15) is 0 Å². The molecule has 0 unspecified atom stereocenters. The van der Waals surface area contributed by atoms with Gasteiger partial charge in [0.15, 0.2) is 16.6 Å². The van der Waals surface area contributed by atoms with Gasteiger partial charge in [0.2, 0.25) is 5.75 Å². The summed E-state index contributed by atoms with van der Waals surface area (Å²) in [5, 5.41) is 5.53. The normalized spacial score (nSPS) is 10.5. The molecule has 7 nitrogen and oxygen atoms in total. The number of benzene rings is 2. The van der Waals surface area contributed by atoms with E-state index in [1.54, 1.807) is 24.3 Å². The lowest BCUT2D eigenvalue weighted by molar-refractivity contribution is 0.262. The molecule has 3 aromatic rings. The van der Waals surface area contributed by atoms with Gasteiger partial charge in [-0.25, -0.2) is 14.2 Å². The van der Waals surface area contributed by atoms with Gasteiger partial charge in [0.05, 0.1) is 31.7 Å². The van der Waals surface area contributed by atoms with Gasteiger partial charge in [-0.3, -0.25) is 5.32 Å². The highest BCUT2D eigenvalue weighted by Crippen LogP contribution is 2.40. The Kier molecular flexibility index (Phi) is 5.08. The highest BCUT2D eigenvalue weighted by molar-refractivity contribution is 7.22. The predicted octanol–water partition coefficient (Wildman–Crippen LogP) is 4.11. The van der Waals surface area contributed by atoms with E-state index in [0.717, 1.165) is 0 Å². The summed E-state index contributed by atoms with van der Waals surface area (Å²) in [4.78, 5) is 16.3. The van der Waals surface area contributed by atoms with Crippen LogP contribution in [0.25, 0.3) is 10.2 Å². The number of nitrogens with one attached hydrogen (secondary N) is 2. The molecule has 136 valence electrons. The Hall–Kier alpha value is -3.07. The number of rotatable bonds is 5. The smallest absolute Gasteiger partial charge is 0.325 e. The van der Waals surface area contributed by atoms with Crippen LogP contribution in [-0.2, 0) is 0 Å². The van der Waals surface area contributed by atoms with Crippen LogP contribution in [0.4, 0.5) is 20.0 Å². The van der Waals surface area contributed by atoms with Crippen molar-refractivity contribution in [2.24, 2.45) is 0 Å². The number of hydrogen-bond acceptors (Lipinski definition) is 6. The molecule has 1 aromatic heterocycles. The molecule has 0 saturated carbocycles. The Balaban J connectivity index is 1.79. The zero-order chi connectivity index (χ0) is 18.7. The maximum Gasteiger partial charge on any atom is 0.325 e. The van der Waals surface area contributed by atoms with E-state index in [0.29, 0.717) is 27.6 Å². The lowest BCUT2D eigenvalue weighted by Gasteiger charge is -2.14. The Morgan fingerprint density at radius 3 is 2.35 bits per heavy atom. The quantitative estimate of drug-likeness (QED) is 0.699. The average Bonchev–Trinajstić information content (AvgIpc) is 3.04. The SMILES string of the molecule is COc1cc(NC(=O)Nc2nc3c(F)cccc3s2)cc(OC)c1OC. The molecular formula is C17H16FN3O4S. The predicted molar refractivity (Wildman–Crippen MR) is 98.3 cm³/mol. The molecule has 0 bridgehead atoms. The number of ether oxygens (including phenoxy) is 3. The second kappa shape index (κ2) is 7.44. The van der Waals surface area contributed by atoms with Gasteiger partial charge in [-0.05, 0) is 12.1 Å². The van der Waals surface area contributed by atoms with Gasteiger partial charge in [0.1, 0.15) is 11.3 Å². The fourth-order valence-electron chi connectivity index (χ4n) is 2.38. The molecule has 26 heavy (non-hydrogen) atoms. The zero-order valence-corrected chi connectivity index (χ0v) is 15.1. The molecule has 9 heteroatoms. The van der Waals surface area contributed by atoms with Gasteiger partial charge >= 0.3 is 6.03 Å². The highest BCUT2D eigenvalue weighted by Gasteiger charge is 2.15. The number of halogens is 1. The fourth-order valence-corrected chi connectivity index (χ4v) is 3.26. The largest absolute Gasteiger partial charge is 0.493 e. The first-order chi connectivity index (χ1) is 12.5. The minimum absolute atomic E-state index is 0.223. The molecule has 0 aliphatic heterocycles. The summed E-state index contributed by atoms with van der Waals surface area (Å²) in [5.41, 5.74) is 0.657. The average molecular weight is 377 g/mol. The van der Waals surface area contributed by atoms with Gasteiger partial charge in [-0.1, -0.05) is 17.4 Å². The number of anilines is 2. The van der Waals surface area contributed by atoms with E-state index >= 15 is 0 Å². The van der Waals surface area contributed by atoms with Gasteiger partial charge in [-0.2, -0.15) is 0 Å². The summed E-state index contributed by atoms with van der Waals surface area (Å²) in [6.07, 6.45) is 0. The first-order valence-electron chi connectivity index (χ1n) is 7.48. The number of nitrogens with zero attached hydrogens (tertiary/aromatic N) is 1. The van der Waals surface area contributed by atoms with Crippen LogP contribution in [0.5, 0.6) is 17.2 Å². The van der Waals surface area contributed by atoms with Crippen molar-refractivity contribution in [2.45, 2.75) is 0 Å². The standard InChI is InChI=1S/C17H16FN3O4S/c1-23-11-7-9(8-12(24-2)15(11)25-3)19-16(22)21-17-20-14-10(18)5-4-6-13(14)26-17/h4-8H,1-3H3,(H2,19,20,21,22). The molecule has 2 N–H and O–H groups in total. The lowest BCUT2D eigenvalue weighted by Crippen LogP contribution is -2.19.